The van der Waals surface area contributed by atoms with E-state index in [1.165, 1.54) is 11.1 Å². The molecule has 2 nitrogen and oxygen atoms in total. The molecule has 2 aromatic rings. The van der Waals surface area contributed by atoms with Crippen LogP contribution >= 0.6 is 24.8 Å². The van der Waals surface area contributed by atoms with Crippen LogP contribution in [0.4, 0.5) is 0 Å². The Labute approximate surface area is 155 Å². The first-order chi connectivity index (χ1) is 11.5. The Balaban J connectivity index is 2.28. The zero-order chi connectivity index (χ0) is 17.7. The third kappa shape index (κ3) is 4.52. The molecule has 0 saturated carbocycles. The Morgan fingerprint density at radius 2 is 1.75 bits per heavy atom. The van der Waals surface area contributed by atoms with Crippen molar-refractivity contribution in [3.63, 3.8) is 0 Å². The van der Waals surface area contributed by atoms with Crippen LogP contribution < -0.4 is 9.47 Å². The van der Waals surface area contributed by atoms with Crippen molar-refractivity contribution in [2.45, 2.75) is 46.5 Å². The van der Waals surface area contributed by atoms with Gasteiger partial charge in [-0.3, -0.25) is 0 Å². The smallest absolute Gasteiger partial charge is 0.167 e. The number of aryl methyl sites for hydroxylation is 3. The average molecular weight is 361 g/mol. The Morgan fingerprint density at radius 3 is 2.42 bits per heavy atom. The first kappa shape index (κ1) is 18.8. The Bertz CT molecular complexity index is 739. The van der Waals surface area contributed by atoms with Crippen molar-refractivity contribution < 1.29 is 9.47 Å². The van der Waals surface area contributed by atoms with Crippen LogP contribution in [0.2, 0.25) is 0 Å². The number of benzene rings is 2. The predicted molar refractivity (Wildman–Crippen MR) is 108 cm³/mol. The molecule has 0 aliphatic carbocycles. The quantitative estimate of drug-likeness (QED) is 0.524. The maximum atomic E-state index is 6.10. The standard InChI is InChI=1S/C20H24O2S2/c1-5-20(24)22-18-8-6-7-16(12-23)17(18)11-21-19-10-14(3)13(2)9-15(19)4/h6-10,23H,5,11-12H2,1-4H3. The van der Waals surface area contributed by atoms with Crippen molar-refractivity contribution in [2.24, 2.45) is 0 Å². The number of ether oxygens (including phenoxy) is 2. The molecule has 24 heavy (non-hydrogen) atoms. The second-order valence-electron chi connectivity index (χ2n) is 5.87. The SMILES string of the molecule is CCC(=S)Oc1cccc(CS)c1COc1cc(C)c(C)cc1C. The van der Waals surface area contributed by atoms with Crippen molar-refractivity contribution in [3.8, 4) is 11.5 Å². The van der Waals surface area contributed by atoms with Gasteiger partial charge in [-0.15, -0.1) is 0 Å². The molecule has 2 rings (SSSR count). The van der Waals surface area contributed by atoms with Gasteiger partial charge in [0.25, 0.3) is 0 Å². The van der Waals surface area contributed by atoms with Gasteiger partial charge in [-0.1, -0.05) is 25.1 Å². The average Bonchev–Trinajstić information content (AvgIpc) is 2.57. The summed E-state index contributed by atoms with van der Waals surface area (Å²) in [7, 11) is 0. The predicted octanol–water partition coefficient (Wildman–Crippen LogP) is 5.74. The van der Waals surface area contributed by atoms with Gasteiger partial charge in [0.1, 0.15) is 18.1 Å². The molecule has 0 aliphatic heterocycles. The van der Waals surface area contributed by atoms with Gasteiger partial charge < -0.3 is 9.47 Å². The van der Waals surface area contributed by atoms with E-state index in [0.29, 0.717) is 23.8 Å². The summed E-state index contributed by atoms with van der Waals surface area (Å²) in [5.74, 6) is 2.28. The lowest BCUT2D eigenvalue weighted by molar-refractivity contribution is 0.298. The van der Waals surface area contributed by atoms with Crippen molar-refractivity contribution >= 4 is 29.9 Å². The van der Waals surface area contributed by atoms with Crippen molar-refractivity contribution in [1.29, 1.82) is 0 Å². The minimum atomic E-state index is 0.432. The van der Waals surface area contributed by atoms with E-state index in [9.17, 15) is 0 Å². The molecule has 0 fully saturated rings. The van der Waals surface area contributed by atoms with Gasteiger partial charge >= 0.3 is 0 Å². The summed E-state index contributed by atoms with van der Waals surface area (Å²) in [6, 6.07) is 10.2. The topological polar surface area (TPSA) is 18.5 Å². The highest BCUT2D eigenvalue weighted by Gasteiger charge is 2.12. The number of thiol groups is 1. The third-order valence-corrected chi connectivity index (χ3v) is 4.79. The van der Waals surface area contributed by atoms with Gasteiger partial charge in [0.05, 0.1) is 0 Å². The highest BCUT2D eigenvalue weighted by molar-refractivity contribution is 7.80. The van der Waals surface area contributed by atoms with E-state index in [-0.39, 0.29) is 0 Å². The second kappa shape index (κ2) is 8.54. The molecule has 0 saturated heterocycles. The zero-order valence-electron chi connectivity index (χ0n) is 14.7. The zero-order valence-corrected chi connectivity index (χ0v) is 16.4. The molecule has 0 atom stereocenters. The lowest BCUT2D eigenvalue weighted by Crippen LogP contribution is -2.09. The maximum absolute atomic E-state index is 6.10. The molecule has 0 spiro atoms. The van der Waals surface area contributed by atoms with Crippen LogP contribution in [0.5, 0.6) is 11.5 Å². The largest absolute Gasteiger partial charge is 0.488 e. The van der Waals surface area contributed by atoms with E-state index in [4.69, 9.17) is 21.7 Å². The molecule has 0 unspecified atom stereocenters. The molecule has 4 heteroatoms. The highest BCUT2D eigenvalue weighted by Crippen LogP contribution is 2.28. The second-order valence-corrected chi connectivity index (χ2v) is 6.64. The summed E-state index contributed by atoms with van der Waals surface area (Å²) >= 11 is 9.65. The molecule has 0 amide bonds. The van der Waals surface area contributed by atoms with E-state index in [1.54, 1.807) is 0 Å². The van der Waals surface area contributed by atoms with Crippen LogP contribution in [0, 0.1) is 20.8 Å². The molecular formula is C20H24O2S2. The summed E-state index contributed by atoms with van der Waals surface area (Å²) < 4.78 is 11.9. The van der Waals surface area contributed by atoms with E-state index in [1.807, 2.05) is 25.1 Å². The van der Waals surface area contributed by atoms with Crippen molar-refractivity contribution in [1.82, 2.24) is 0 Å². The lowest BCUT2D eigenvalue weighted by Gasteiger charge is -2.17. The van der Waals surface area contributed by atoms with E-state index in [2.05, 4.69) is 45.5 Å². The lowest BCUT2D eigenvalue weighted by atomic mass is 10.1. The van der Waals surface area contributed by atoms with E-state index >= 15 is 0 Å². The van der Waals surface area contributed by atoms with Gasteiger partial charge in [0.15, 0.2) is 5.05 Å². The minimum Gasteiger partial charge on any atom is -0.488 e. The monoisotopic (exact) mass is 360 g/mol. The van der Waals surface area contributed by atoms with Crippen molar-refractivity contribution in [2.75, 3.05) is 0 Å². The fourth-order valence-electron chi connectivity index (χ4n) is 2.45. The van der Waals surface area contributed by atoms with Gasteiger partial charge in [-0.25, -0.2) is 0 Å². The first-order valence-corrected chi connectivity index (χ1v) is 9.13. The summed E-state index contributed by atoms with van der Waals surface area (Å²) in [5.41, 5.74) is 5.72. The molecule has 0 bridgehead atoms. The van der Waals surface area contributed by atoms with Crippen LogP contribution in [0.3, 0.4) is 0 Å². The van der Waals surface area contributed by atoms with E-state index < -0.39 is 0 Å². The van der Waals surface area contributed by atoms with E-state index in [0.717, 1.165) is 28.2 Å². The molecule has 0 radical (unpaired) electrons. The van der Waals surface area contributed by atoms with Crippen LogP contribution in [0.25, 0.3) is 0 Å². The molecule has 0 aliphatic rings. The molecule has 128 valence electrons. The van der Waals surface area contributed by atoms with Crippen LogP contribution in [0.15, 0.2) is 30.3 Å². The molecule has 2 aromatic carbocycles. The number of hydrogen-bond donors (Lipinski definition) is 1. The van der Waals surface area contributed by atoms with Gasteiger partial charge in [0.2, 0.25) is 0 Å². The van der Waals surface area contributed by atoms with Crippen LogP contribution in [0.1, 0.15) is 41.2 Å². The summed E-state index contributed by atoms with van der Waals surface area (Å²) in [6.07, 6.45) is 0.705. The minimum absolute atomic E-state index is 0.432. The molecular weight excluding hydrogens is 336 g/mol. The summed E-state index contributed by atoms with van der Waals surface area (Å²) in [4.78, 5) is 0. The molecule has 0 aromatic heterocycles. The van der Waals surface area contributed by atoms with Crippen molar-refractivity contribution in [3.05, 3.63) is 58.1 Å². The summed E-state index contributed by atoms with van der Waals surface area (Å²) in [5, 5.41) is 0.579. The van der Waals surface area contributed by atoms with Gasteiger partial charge in [0, 0.05) is 17.7 Å². The fourth-order valence-corrected chi connectivity index (χ4v) is 2.84. The van der Waals surface area contributed by atoms with Gasteiger partial charge in [-0.05, 0) is 67.4 Å². The number of rotatable bonds is 6. The van der Waals surface area contributed by atoms with Crippen LogP contribution in [-0.4, -0.2) is 5.05 Å². The normalized spacial score (nSPS) is 10.5. The van der Waals surface area contributed by atoms with Gasteiger partial charge in [-0.2, -0.15) is 12.6 Å². The Hall–Kier alpha value is -1.52. The Kier molecular flexibility index (Phi) is 6.69. The fraction of sp³-hybridized carbons (Fsp3) is 0.350. The maximum Gasteiger partial charge on any atom is 0.167 e. The van der Waals surface area contributed by atoms with Crippen LogP contribution in [-0.2, 0) is 12.4 Å². The number of thiocarbonyl (C=S) groups is 1. The third-order valence-electron chi connectivity index (χ3n) is 4.08. The molecule has 0 N–H and O–H groups in total. The summed E-state index contributed by atoms with van der Waals surface area (Å²) in [6.45, 7) is 8.69. The molecule has 0 heterocycles. The highest BCUT2D eigenvalue weighted by atomic mass is 32.1. The first-order valence-electron chi connectivity index (χ1n) is 8.09. The Morgan fingerprint density at radius 1 is 1.04 bits per heavy atom. The number of hydrogen-bond acceptors (Lipinski definition) is 4.